The second-order valence-electron chi connectivity index (χ2n) is 5.39. The number of phenols is 1. The van der Waals surface area contributed by atoms with Crippen LogP contribution in [0.25, 0.3) is 0 Å². The second kappa shape index (κ2) is 5.56. The molecule has 4 nitrogen and oxygen atoms in total. The quantitative estimate of drug-likeness (QED) is 0.921. The van der Waals surface area contributed by atoms with Gasteiger partial charge in [-0.1, -0.05) is 18.2 Å². The van der Waals surface area contributed by atoms with Crippen LogP contribution in [0.15, 0.2) is 42.7 Å². The second-order valence-corrected chi connectivity index (χ2v) is 5.39. The number of anilines is 1. The lowest BCUT2D eigenvalue weighted by Crippen LogP contribution is -2.38. The SMILES string of the molecule is CC(C(=O)N1CCCc2cccc(O)c21)c1cccnc1. The molecule has 3 rings (SSSR count). The van der Waals surface area contributed by atoms with Gasteiger partial charge in [-0.05, 0) is 43.0 Å². The summed E-state index contributed by atoms with van der Waals surface area (Å²) in [6, 6.07) is 9.18. The number of fused-ring (bicyclic) bond motifs is 1. The number of aryl methyl sites for hydroxylation is 1. The van der Waals surface area contributed by atoms with Gasteiger partial charge in [0.05, 0.1) is 11.6 Å². The fourth-order valence-corrected chi connectivity index (χ4v) is 2.86. The number of pyridine rings is 1. The first kappa shape index (κ1) is 13.6. The van der Waals surface area contributed by atoms with Crippen molar-refractivity contribution >= 4 is 11.6 Å². The molecule has 2 heterocycles. The van der Waals surface area contributed by atoms with Crippen LogP contribution in [-0.2, 0) is 11.2 Å². The summed E-state index contributed by atoms with van der Waals surface area (Å²) in [7, 11) is 0. The van der Waals surface area contributed by atoms with Crippen molar-refractivity contribution in [1.82, 2.24) is 4.98 Å². The normalized spacial score (nSPS) is 15.4. The van der Waals surface area contributed by atoms with Crippen molar-refractivity contribution < 1.29 is 9.90 Å². The Morgan fingerprint density at radius 1 is 1.33 bits per heavy atom. The van der Waals surface area contributed by atoms with Gasteiger partial charge < -0.3 is 10.0 Å². The average molecular weight is 282 g/mol. The van der Waals surface area contributed by atoms with Crippen LogP contribution in [0.5, 0.6) is 5.75 Å². The molecular formula is C17H18N2O2. The molecule has 1 aromatic heterocycles. The molecule has 0 saturated heterocycles. The van der Waals surface area contributed by atoms with E-state index in [2.05, 4.69) is 4.98 Å². The Morgan fingerprint density at radius 2 is 2.19 bits per heavy atom. The van der Waals surface area contributed by atoms with Crippen LogP contribution in [0, 0.1) is 0 Å². The Labute approximate surface area is 124 Å². The minimum Gasteiger partial charge on any atom is -0.506 e. The summed E-state index contributed by atoms with van der Waals surface area (Å²) in [5.41, 5.74) is 2.60. The highest BCUT2D eigenvalue weighted by Crippen LogP contribution is 2.37. The van der Waals surface area contributed by atoms with Gasteiger partial charge in [-0.2, -0.15) is 0 Å². The van der Waals surface area contributed by atoms with E-state index in [1.807, 2.05) is 31.2 Å². The molecule has 108 valence electrons. The van der Waals surface area contributed by atoms with Crippen molar-refractivity contribution in [3.05, 3.63) is 53.9 Å². The zero-order valence-electron chi connectivity index (χ0n) is 12.0. The van der Waals surface area contributed by atoms with Gasteiger partial charge in [0.15, 0.2) is 0 Å². The number of hydrogen-bond donors (Lipinski definition) is 1. The Morgan fingerprint density at radius 3 is 2.95 bits per heavy atom. The first-order valence-corrected chi connectivity index (χ1v) is 7.20. The highest BCUT2D eigenvalue weighted by molar-refractivity contribution is 6.00. The third-order valence-electron chi connectivity index (χ3n) is 4.02. The van der Waals surface area contributed by atoms with Crippen LogP contribution in [0.3, 0.4) is 0 Å². The summed E-state index contributed by atoms with van der Waals surface area (Å²) in [6.07, 6.45) is 5.23. The summed E-state index contributed by atoms with van der Waals surface area (Å²) < 4.78 is 0. The van der Waals surface area contributed by atoms with Crippen molar-refractivity contribution in [2.24, 2.45) is 0 Å². The maximum Gasteiger partial charge on any atom is 0.234 e. The van der Waals surface area contributed by atoms with E-state index in [4.69, 9.17) is 0 Å². The number of aromatic nitrogens is 1. The van der Waals surface area contributed by atoms with Crippen LogP contribution in [0.4, 0.5) is 5.69 Å². The van der Waals surface area contributed by atoms with E-state index < -0.39 is 0 Å². The first-order chi connectivity index (χ1) is 10.2. The zero-order valence-corrected chi connectivity index (χ0v) is 12.0. The molecule has 0 bridgehead atoms. The monoisotopic (exact) mass is 282 g/mol. The maximum absolute atomic E-state index is 12.8. The topological polar surface area (TPSA) is 53.4 Å². The van der Waals surface area contributed by atoms with E-state index in [9.17, 15) is 9.90 Å². The number of hydrogen-bond acceptors (Lipinski definition) is 3. The predicted molar refractivity (Wildman–Crippen MR) is 81.4 cm³/mol. The molecule has 0 saturated carbocycles. The summed E-state index contributed by atoms with van der Waals surface area (Å²) in [6.45, 7) is 2.53. The molecule has 0 aliphatic carbocycles. The lowest BCUT2D eigenvalue weighted by molar-refractivity contribution is -0.119. The molecule has 1 unspecified atom stereocenters. The zero-order chi connectivity index (χ0) is 14.8. The minimum absolute atomic E-state index is 0.00505. The summed E-state index contributed by atoms with van der Waals surface area (Å²) in [5, 5.41) is 10.1. The Hall–Kier alpha value is -2.36. The Bertz CT molecular complexity index is 655. The van der Waals surface area contributed by atoms with Crippen LogP contribution in [-0.4, -0.2) is 22.5 Å². The van der Waals surface area contributed by atoms with Crippen molar-refractivity contribution in [1.29, 1.82) is 0 Å². The van der Waals surface area contributed by atoms with Crippen LogP contribution >= 0.6 is 0 Å². The molecule has 1 aliphatic heterocycles. The molecule has 1 aromatic carbocycles. The predicted octanol–water partition coefficient (Wildman–Crippen LogP) is 2.87. The number of amides is 1. The molecule has 2 aromatic rings. The van der Waals surface area contributed by atoms with E-state index in [1.165, 1.54) is 0 Å². The number of aromatic hydroxyl groups is 1. The minimum atomic E-state index is -0.274. The maximum atomic E-state index is 12.8. The lowest BCUT2D eigenvalue weighted by Gasteiger charge is -2.32. The molecule has 1 atom stereocenters. The molecule has 0 spiro atoms. The van der Waals surface area contributed by atoms with Crippen LogP contribution in [0.1, 0.15) is 30.4 Å². The van der Waals surface area contributed by atoms with Crippen molar-refractivity contribution in [3.8, 4) is 5.75 Å². The molecule has 0 fully saturated rings. The highest BCUT2D eigenvalue weighted by Gasteiger charge is 2.29. The summed E-state index contributed by atoms with van der Waals surface area (Å²) in [5.74, 6) is -0.0892. The van der Waals surface area contributed by atoms with Crippen molar-refractivity contribution in [2.45, 2.75) is 25.7 Å². The standard InChI is InChI=1S/C17H18N2O2/c1-12(14-6-3-9-18-11-14)17(21)19-10-4-7-13-5-2-8-15(20)16(13)19/h2-3,5-6,8-9,11-12,20H,4,7,10H2,1H3. The molecule has 1 aliphatic rings. The summed E-state index contributed by atoms with van der Waals surface area (Å²) in [4.78, 5) is 18.6. The number of rotatable bonds is 2. The third-order valence-corrected chi connectivity index (χ3v) is 4.02. The van der Waals surface area contributed by atoms with E-state index >= 15 is 0 Å². The van der Waals surface area contributed by atoms with E-state index in [-0.39, 0.29) is 17.6 Å². The van der Waals surface area contributed by atoms with Gasteiger partial charge in [-0.15, -0.1) is 0 Å². The van der Waals surface area contributed by atoms with Gasteiger partial charge in [-0.3, -0.25) is 9.78 Å². The first-order valence-electron chi connectivity index (χ1n) is 7.20. The van der Waals surface area contributed by atoms with E-state index in [0.29, 0.717) is 12.2 Å². The Kier molecular flexibility index (Phi) is 3.60. The van der Waals surface area contributed by atoms with Gasteiger partial charge in [0.1, 0.15) is 5.75 Å². The molecule has 0 radical (unpaired) electrons. The largest absolute Gasteiger partial charge is 0.506 e. The number of para-hydroxylation sites is 1. The smallest absolute Gasteiger partial charge is 0.234 e. The number of benzene rings is 1. The molecular weight excluding hydrogens is 264 g/mol. The molecule has 1 amide bonds. The van der Waals surface area contributed by atoms with Gasteiger partial charge in [0.25, 0.3) is 0 Å². The fraction of sp³-hybridized carbons (Fsp3) is 0.294. The average Bonchev–Trinajstić information content (AvgIpc) is 2.54. The number of nitrogens with zero attached hydrogens (tertiary/aromatic N) is 2. The highest BCUT2D eigenvalue weighted by atomic mass is 16.3. The van der Waals surface area contributed by atoms with Crippen molar-refractivity contribution in [2.75, 3.05) is 11.4 Å². The van der Waals surface area contributed by atoms with E-state index in [1.54, 1.807) is 23.4 Å². The number of carbonyl (C=O) groups is 1. The molecule has 21 heavy (non-hydrogen) atoms. The van der Waals surface area contributed by atoms with Gasteiger partial charge in [0.2, 0.25) is 5.91 Å². The van der Waals surface area contributed by atoms with Crippen LogP contribution in [0.2, 0.25) is 0 Å². The molecule has 1 N–H and O–H groups in total. The Balaban J connectivity index is 1.94. The van der Waals surface area contributed by atoms with Crippen LogP contribution < -0.4 is 4.90 Å². The number of phenolic OH excluding ortho intramolecular Hbond substituents is 1. The van der Waals surface area contributed by atoms with Crippen molar-refractivity contribution in [3.63, 3.8) is 0 Å². The summed E-state index contributed by atoms with van der Waals surface area (Å²) >= 11 is 0. The lowest BCUT2D eigenvalue weighted by atomic mass is 9.96. The van der Waals surface area contributed by atoms with E-state index in [0.717, 1.165) is 24.0 Å². The van der Waals surface area contributed by atoms with Gasteiger partial charge >= 0.3 is 0 Å². The number of carbonyl (C=O) groups excluding carboxylic acids is 1. The fourth-order valence-electron chi connectivity index (χ4n) is 2.86. The third kappa shape index (κ3) is 2.49. The molecule has 4 heteroatoms. The van der Waals surface area contributed by atoms with Gasteiger partial charge in [-0.25, -0.2) is 0 Å². The van der Waals surface area contributed by atoms with Gasteiger partial charge in [0, 0.05) is 18.9 Å².